The van der Waals surface area contributed by atoms with Gasteiger partial charge in [0.05, 0.1) is 10.7 Å². The summed E-state index contributed by atoms with van der Waals surface area (Å²) in [5.41, 5.74) is 6.59. The molecule has 2 aromatic carbocycles. The summed E-state index contributed by atoms with van der Waals surface area (Å²) in [7, 11) is 0. The Labute approximate surface area is 119 Å². The smallest absolute Gasteiger partial charge is 0.153 e. The van der Waals surface area contributed by atoms with Crippen LogP contribution in [0.25, 0.3) is 10.9 Å². The van der Waals surface area contributed by atoms with Gasteiger partial charge in [-0.1, -0.05) is 11.6 Å². The Morgan fingerprint density at radius 2 is 1.90 bits per heavy atom. The van der Waals surface area contributed by atoms with Gasteiger partial charge < -0.3 is 10.5 Å². The number of benzene rings is 2. The molecule has 3 rings (SSSR count). The molecule has 3 aromatic rings. The maximum absolute atomic E-state index is 13.0. The number of hydrogen-bond acceptors (Lipinski definition) is 3. The Balaban J connectivity index is 2.09. The molecule has 0 aliphatic rings. The summed E-state index contributed by atoms with van der Waals surface area (Å²) in [4.78, 5) is 4.26. The van der Waals surface area contributed by atoms with Gasteiger partial charge in [0.25, 0.3) is 0 Å². The third-order valence-corrected chi connectivity index (χ3v) is 3.20. The van der Waals surface area contributed by atoms with Crippen LogP contribution in [0.15, 0.2) is 48.7 Å². The lowest BCUT2D eigenvalue weighted by atomic mass is 10.2. The maximum Gasteiger partial charge on any atom is 0.153 e. The third-order valence-electron chi connectivity index (χ3n) is 2.87. The summed E-state index contributed by atoms with van der Waals surface area (Å²) < 4.78 is 18.7. The number of aromatic nitrogens is 1. The van der Waals surface area contributed by atoms with Crippen LogP contribution in [-0.4, -0.2) is 4.98 Å². The van der Waals surface area contributed by atoms with Gasteiger partial charge in [-0.3, -0.25) is 4.98 Å². The third kappa shape index (κ3) is 2.26. The fourth-order valence-electron chi connectivity index (χ4n) is 1.93. The molecule has 5 heteroatoms. The molecular weight excluding hydrogens is 279 g/mol. The standard InChI is InChI=1S/C15H10ClFN2O/c16-11-4-6-14(15-10(11)2-1-7-19-15)20-13-5-3-9(17)8-12(13)18/h1-8H,18H2. The second-order valence-corrected chi connectivity index (χ2v) is 4.64. The van der Waals surface area contributed by atoms with Gasteiger partial charge in [-0.2, -0.15) is 0 Å². The predicted octanol–water partition coefficient (Wildman–Crippen LogP) is 4.40. The summed E-state index contributed by atoms with van der Waals surface area (Å²) in [5, 5.41) is 1.37. The number of pyridine rings is 1. The molecule has 0 amide bonds. The molecule has 1 heterocycles. The van der Waals surface area contributed by atoms with Gasteiger partial charge in [0, 0.05) is 17.6 Å². The van der Waals surface area contributed by atoms with E-state index in [-0.39, 0.29) is 5.69 Å². The molecule has 0 unspecified atom stereocenters. The first-order valence-corrected chi connectivity index (χ1v) is 6.29. The van der Waals surface area contributed by atoms with Crippen molar-refractivity contribution >= 4 is 28.2 Å². The number of anilines is 1. The van der Waals surface area contributed by atoms with Crippen molar-refractivity contribution in [1.82, 2.24) is 4.98 Å². The first-order valence-electron chi connectivity index (χ1n) is 5.91. The molecule has 2 N–H and O–H groups in total. The molecule has 3 nitrogen and oxygen atoms in total. The van der Waals surface area contributed by atoms with Crippen LogP contribution in [0.4, 0.5) is 10.1 Å². The molecule has 0 saturated heterocycles. The van der Waals surface area contributed by atoms with E-state index < -0.39 is 5.82 Å². The van der Waals surface area contributed by atoms with E-state index in [0.717, 1.165) is 5.39 Å². The molecule has 0 saturated carbocycles. The van der Waals surface area contributed by atoms with Crippen LogP contribution < -0.4 is 10.5 Å². The molecule has 20 heavy (non-hydrogen) atoms. The summed E-state index contributed by atoms with van der Waals surface area (Å²) in [6.07, 6.45) is 1.65. The Bertz CT molecular complexity index is 792. The number of hydrogen-bond donors (Lipinski definition) is 1. The van der Waals surface area contributed by atoms with E-state index in [1.165, 1.54) is 18.2 Å². The Hall–Kier alpha value is -2.33. The van der Waals surface area contributed by atoms with E-state index >= 15 is 0 Å². The van der Waals surface area contributed by atoms with Crippen molar-refractivity contribution in [3.63, 3.8) is 0 Å². The van der Waals surface area contributed by atoms with Gasteiger partial charge in [-0.25, -0.2) is 4.39 Å². The van der Waals surface area contributed by atoms with Gasteiger partial charge in [0.15, 0.2) is 11.5 Å². The minimum absolute atomic E-state index is 0.226. The van der Waals surface area contributed by atoms with Crippen LogP contribution >= 0.6 is 11.6 Å². The van der Waals surface area contributed by atoms with Gasteiger partial charge in [-0.05, 0) is 36.4 Å². The largest absolute Gasteiger partial charge is 0.453 e. The normalized spacial score (nSPS) is 10.7. The maximum atomic E-state index is 13.0. The number of halogens is 2. The summed E-state index contributed by atoms with van der Waals surface area (Å²) in [6, 6.07) is 11.1. The van der Waals surface area contributed by atoms with Crippen LogP contribution in [0, 0.1) is 5.82 Å². The van der Waals surface area contributed by atoms with Crippen LogP contribution in [0.2, 0.25) is 5.02 Å². The fraction of sp³-hybridized carbons (Fsp3) is 0. The number of nitrogens with two attached hydrogens (primary N) is 1. The SMILES string of the molecule is Nc1cc(F)ccc1Oc1ccc(Cl)c2cccnc12. The second-order valence-electron chi connectivity index (χ2n) is 4.23. The first-order chi connectivity index (χ1) is 9.65. The highest BCUT2D eigenvalue weighted by Gasteiger charge is 2.09. The molecule has 0 bridgehead atoms. The van der Waals surface area contributed by atoms with Crippen molar-refractivity contribution < 1.29 is 9.13 Å². The predicted molar refractivity (Wildman–Crippen MR) is 77.6 cm³/mol. The van der Waals surface area contributed by atoms with Crippen molar-refractivity contribution in [3.05, 3.63) is 59.5 Å². The lowest BCUT2D eigenvalue weighted by Gasteiger charge is -2.11. The van der Waals surface area contributed by atoms with E-state index in [4.69, 9.17) is 22.1 Å². The molecule has 0 atom stereocenters. The van der Waals surface area contributed by atoms with Gasteiger partial charge in [-0.15, -0.1) is 0 Å². The summed E-state index contributed by atoms with van der Waals surface area (Å²) in [5.74, 6) is 0.484. The molecule has 100 valence electrons. The minimum atomic E-state index is -0.408. The number of nitrogens with zero attached hydrogens (tertiary/aromatic N) is 1. The lowest BCUT2D eigenvalue weighted by molar-refractivity contribution is 0.487. The van der Waals surface area contributed by atoms with E-state index in [1.807, 2.05) is 6.07 Å². The molecular formula is C15H10ClFN2O. The van der Waals surface area contributed by atoms with Crippen molar-refractivity contribution in [1.29, 1.82) is 0 Å². The van der Waals surface area contributed by atoms with Crippen LogP contribution in [0.3, 0.4) is 0 Å². The van der Waals surface area contributed by atoms with Gasteiger partial charge in [0.1, 0.15) is 11.3 Å². The average molecular weight is 289 g/mol. The second kappa shape index (κ2) is 4.98. The quantitative estimate of drug-likeness (QED) is 0.711. The Kier molecular flexibility index (Phi) is 3.16. The van der Waals surface area contributed by atoms with E-state index in [0.29, 0.717) is 22.0 Å². The monoisotopic (exact) mass is 288 g/mol. The molecule has 0 radical (unpaired) electrons. The van der Waals surface area contributed by atoms with Crippen LogP contribution in [0.5, 0.6) is 11.5 Å². The number of fused-ring (bicyclic) bond motifs is 1. The van der Waals surface area contributed by atoms with Gasteiger partial charge in [0.2, 0.25) is 0 Å². The van der Waals surface area contributed by atoms with Crippen molar-refractivity contribution in [2.45, 2.75) is 0 Å². The van der Waals surface area contributed by atoms with E-state index in [9.17, 15) is 4.39 Å². The zero-order chi connectivity index (χ0) is 14.1. The molecule has 0 aliphatic heterocycles. The van der Waals surface area contributed by atoms with Gasteiger partial charge >= 0.3 is 0 Å². The fourth-order valence-corrected chi connectivity index (χ4v) is 2.14. The molecule has 0 spiro atoms. The van der Waals surface area contributed by atoms with Crippen LogP contribution in [-0.2, 0) is 0 Å². The first kappa shape index (κ1) is 12.7. The molecule has 1 aromatic heterocycles. The van der Waals surface area contributed by atoms with Crippen molar-refractivity contribution in [3.8, 4) is 11.5 Å². The highest BCUT2D eigenvalue weighted by atomic mass is 35.5. The van der Waals surface area contributed by atoms with Crippen molar-refractivity contribution in [2.24, 2.45) is 0 Å². The number of rotatable bonds is 2. The topological polar surface area (TPSA) is 48.1 Å². The van der Waals surface area contributed by atoms with Crippen molar-refractivity contribution in [2.75, 3.05) is 5.73 Å². The van der Waals surface area contributed by atoms with E-state index in [2.05, 4.69) is 4.98 Å². The highest BCUT2D eigenvalue weighted by Crippen LogP contribution is 2.34. The zero-order valence-corrected chi connectivity index (χ0v) is 11.1. The van der Waals surface area contributed by atoms with E-state index in [1.54, 1.807) is 24.4 Å². The lowest BCUT2D eigenvalue weighted by Crippen LogP contribution is -1.94. The Morgan fingerprint density at radius 3 is 2.70 bits per heavy atom. The molecule has 0 aliphatic carbocycles. The highest BCUT2D eigenvalue weighted by molar-refractivity contribution is 6.35. The summed E-state index contributed by atoms with van der Waals surface area (Å²) >= 11 is 6.11. The number of nitrogen functional groups attached to an aromatic ring is 1. The Morgan fingerprint density at radius 1 is 1.10 bits per heavy atom. The summed E-state index contributed by atoms with van der Waals surface area (Å²) in [6.45, 7) is 0. The minimum Gasteiger partial charge on any atom is -0.453 e. The zero-order valence-electron chi connectivity index (χ0n) is 10.3. The average Bonchev–Trinajstić information content (AvgIpc) is 2.45. The number of ether oxygens (including phenoxy) is 1. The van der Waals surface area contributed by atoms with Crippen LogP contribution in [0.1, 0.15) is 0 Å². The molecule has 0 fully saturated rings.